The molecule has 0 aliphatic carbocycles. The lowest BCUT2D eigenvalue weighted by Crippen LogP contribution is -2.30. The fraction of sp³-hybridized carbons (Fsp3) is 0.938. The second kappa shape index (κ2) is 12.5. The van der Waals surface area contributed by atoms with Gasteiger partial charge in [0.25, 0.3) is 0 Å². The minimum atomic E-state index is 0.124. The number of hydrogen-bond acceptors (Lipinski definition) is 2. The molecule has 0 saturated heterocycles. The van der Waals surface area contributed by atoms with Crippen molar-refractivity contribution in [3.63, 3.8) is 0 Å². The van der Waals surface area contributed by atoms with Crippen LogP contribution in [-0.2, 0) is 4.79 Å². The largest absolute Gasteiger partial charge is 0.356 e. The topological polar surface area (TPSA) is 55.1 Å². The Morgan fingerprint density at radius 1 is 1.00 bits per heavy atom. The van der Waals surface area contributed by atoms with Crippen molar-refractivity contribution in [3.05, 3.63) is 0 Å². The van der Waals surface area contributed by atoms with Gasteiger partial charge in [-0.25, -0.2) is 0 Å². The Morgan fingerprint density at radius 3 is 2.26 bits per heavy atom. The molecule has 3 nitrogen and oxygen atoms in total. The monoisotopic (exact) mass is 270 g/mol. The third-order valence-electron chi connectivity index (χ3n) is 3.57. The van der Waals surface area contributed by atoms with E-state index in [1.54, 1.807) is 0 Å². The van der Waals surface area contributed by atoms with Gasteiger partial charge in [0.05, 0.1) is 0 Å². The van der Waals surface area contributed by atoms with E-state index in [9.17, 15) is 4.79 Å². The van der Waals surface area contributed by atoms with Crippen molar-refractivity contribution in [2.45, 2.75) is 84.6 Å². The molecule has 3 heteroatoms. The van der Waals surface area contributed by atoms with Gasteiger partial charge in [0.15, 0.2) is 0 Å². The smallest absolute Gasteiger partial charge is 0.222 e. The summed E-state index contributed by atoms with van der Waals surface area (Å²) < 4.78 is 0. The lowest BCUT2D eigenvalue weighted by atomic mass is 10.0. The zero-order valence-corrected chi connectivity index (χ0v) is 13.2. The summed E-state index contributed by atoms with van der Waals surface area (Å²) in [6, 6.07) is 0.249. The summed E-state index contributed by atoms with van der Waals surface area (Å²) in [5, 5.41) is 3.04. The third-order valence-corrected chi connectivity index (χ3v) is 3.57. The van der Waals surface area contributed by atoms with Crippen molar-refractivity contribution in [2.24, 2.45) is 11.7 Å². The Labute approximate surface area is 119 Å². The first-order chi connectivity index (χ1) is 9.07. The highest BCUT2D eigenvalue weighted by molar-refractivity contribution is 5.78. The highest BCUT2D eigenvalue weighted by atomic mass is 16.1. The molecule has 0 aliphatic heterocycles. The van der Waals surface area contributed by atoms with Gasteiger partial charge in [-0.15, -0.1) is 0 Å². The van der Waals surface area contributed by atoms with Crippen molar-refractivity contribution in [3.8, 4) is 0 Å². The minimum absolute atomic E-state index is 0.124. The van der Waals surface area contributed by atoms with Crippen molar-refractivity contribution in [1.29, 1.82) is 0 Å². The lowest BCUT2D eigenvalue weighted by molar-refractivity contribution is -0.124. The number of nitrogens with one attached hydrogen (secondary N) is 1. The summed E-state index contributed by atoms with van der Waals surface area (Å²) in [7, 11) is 0. The first kappa shape index (κ1) is 18.4. The van der Waals surface area contributed by atoms with Gasteiger partial charge in [-0.3, -0.25) is 4.79 Å². The number of amides is 1. The fourth-order valence-corrected chi connectivity index (χ4v) is 2.17. The SMILES string of the molecule is CCCCCCCCNC(=O)C(C)CCCC(C)N. The van der Waals surface area contributed by atoms with Crippen LogP contribution in [0.15, 0.2) is 0 Å². The number of nitrogens with two attached hydrogens (primary N) is 1. The van der Waals surface area contributed by atoms with Crippen LogP contribution in [0.5, 0.6) is 0 Å². The second-order valence-corrected chi connectivity index (χ2v) is 5.87. The highest BCUT2D eigenvalue weighted by Gasteiger charge is 2.11. The maximum Gasteiger partial charge on any atom is 0.222 e. The molecule has 0 aliphatic rings. The minimum Gasteiger partial charge on any atom is -0.356 e. The molecule has 19 heavy (non-hydrogen) atoms. The van der Waals surface area contributed by atoms with Crippen LogP contribution in [-0.4, -0.2) is 18.5 Å². The van der Waals surface area contributed by atoms with Gasteiger partial charge in [-0.1, -0.05) is 52.4 Å². The van der Waals surface area contributed by atoms with Crippen LogP contribution < -0.4 is 11.1 Å². The Morgan fingerprint density at radius 2 is 1.63 bits per heavy atom. The highest BCUT2D eigenvalue weighted by Crippen LogP contribution is 2.09. The lowest BCUT2D eigenvalue weighted by Gasteiger charge is -2.12. The molecular weight excluding hydrogens is 236 g/mol. The molecule has 2 atom stereocenters. The van der Waals surface area contributed by atoms with Crippen molar-refractivity contribution < 1.29 is 4.79 Å². The van der Waals surface area contributed by atoms with Gasteiger partial charge in [0.2, 0.25) is 5.91 Å². The molecule has 0 aromatic carbocycles. The van der Waals surface area contributed by atoms with E-state index in [1.165, 1.54) is 32.1 Å². The molecule has 1 amide bonds. The van der Waals surface area contributed by atoms with E-state index < -0.39 is 0 Å². The van der Waals surface area contributed by atoms with Gasteiger partial charge in [-0.05, 0) is 26.2 Å². The summed E-state index contributed by atoms with van der Waals surface area (Å²) in [5.74, 6) is 0.331. The Hall–Kier alpha value is -0.570. The molecule has 3 N–H and O–H groups in total. The van der Waals surface area contributed by atoms with E-state index >= 15 is 0 Å². The van der Waals surface area contributed by atoms with Crippen LogP contribution in [0, 0.1) is 5.92 Å². The van der Waals surface area contributed by atoms with Crippen LogP contribution in [0.2, 0.25) is 0 Å². The summed E-state index contributed by atoms with van der Waals surface area (Å²) in [6.45, 7) is 7.09. The molecule has 0 radical (unpaired) electrons. The number of hydrogen-bond donors (Lipinski definition) is 2. The van der Waals surface area contributed by atoms with Crippen molar-refractivity contribution >= 4 is 5.91 Å². The maximum absolute atomic E-state index is 11.8. The van der Waals surface area contributed by atoms with E-state index in [0.717, 1.165) is 32.2 Å². The van der Waals surface area contributed by atoms with Crippen LogP contribution in [0.25, 0.3) is 0 Å². The van der Waals surface area contributed by atoms with Gasteiger partial charge < -0.3 is 11.1 Å². The van der Waals surface area contributed by atoms with Crippen LogP contribution >= 0.6 is 0 Å². The zero-order chi connectivity index (χ0) is 14.5. The molecular formula is C16H34N2O. The van der Waals surface area contributed by atoms with Gasteiger partial charge in [0, 0.05) is 18.5 Å². The van der Waals surface area contributed by atoms with E-state index in [1.807, 2.05) is 13.8 Å². The molecule has 0 spiro atoms. The predicted molar refractivity (Wildman–Crippen MR) is 83.1 cm³/mol. The van der Waals surface area contributed by atoms with Gasteiger partial charge >= 0.3 is 0 Å². The standard InChI is InChI=1S/C16H34N2O/c1-4-5-6-7-8-9-13-18-16(19)14(2)11-10-12-15(3)17/h14-15H,4-13,17H2,1-3H3,(H,18,19). The Balaban J connectivity index is 3.41. The van der Waals surface area contributed by atoms with Crippen LogP contribution in [0.1, 0.15) is 78.6 Å². The van der Waals surface area contributed by atoms with Gasteiger partial charge in [0.1, 0.15) is 0 Å². The fourth-order valence-electron chi connectivity index (χ4n) is 2.17. The molecule has 0 rings (SSSR count). The van der Waals surface area contributed by atoms with Crippen LogP contribution in [0.3, 0.4) is 0 Å². The average molecular weight is 270 g/mol. The molecule has 2 unspecified atom stereocenters. The number of carbonyl (C=O) groups excluding carboxylic acids is 1. The summed E-state index contributed by atoms with van der Waals surface area (Å²) in [5.41, 5.74) is 5.70. The summed E-state index contributed by atoms with van der Waals surface area (Å²) in [6.07, 6.45) is 10.6. The van der Waals surface area contributed by atoms with E-state index in [-0.39, 0.29) is 17.9 Å². The van der Waals surface area contributed by atoms with E-state index in [2.05, 4.69) is 12.2 Å². The molecule has 0 aromatic rings. The third kappa shape index (κ3) is 12.2. The predicted octanol–water partition coefficient (Wildman–Crippen LogP) is 3.62. The molecule has 0 bridgehead atoms. The van der Waals surface area contributed by atoms with Crippen molar-refractivity contribution in [2.75, 3.05) is 6.54 Å². The molecule has 0 heterocycles. The van der Waals surface area contributed by atoms with Gasteiger partial charge in [-0.2, -0.15) is 0 Å². The first-order valence-electron chi connectivity index (χ1n) is 8.11. The molecule has 0 fully saturated rings. The first-order valence-corrected chi connectivity index (χ1v) is 8.11. The number of rotatable bonds is 12. The second-order valence-electron chi connectivity index (χ2n) is 5.87. The number of carbonyl (C=O) groups is 1. The summed E-state index contributed by atoms with van der Waals surface area (Å²) in [4.78, 5) is 11.8. The Bertz CT molecular complexity index is 217. The average Bonchev–Trinajstić information content (AvgIpc) is 2.36. The van der Waals surface area contributed by atoms with Crippen LogP contribution in [0.4, 0.5) is 0 Å². The number of unbranched alkanes of at least 4 members (excludes halogenated alkanes) is 5. The summed E-state index contributed by atoms with van der Waals surface area (Å²) >= 11 is 0. The zero-order valence-electron chi connectivity index (χ0n) is 13.2. The molecule has 114 valence electrons. The van der Waals surface area contributed by atoms with Crippen molar-refractivity contribution in [1.82, 2.24) is 5.32 Å². The van der Waals surface area contributed by atoms with E-state index in [4.69, 9.17) is 5.73 Å². The molecule has 0 saturated carbocycles. The van der Waals surface area contributed by atoms with E-state index in [0.29, 0.717) is 0 Å². The Kier molecular flexibility index (Phi) is 12.1. The maximum atomic E-state index is 11.8. The normalized spacial score (nSPS) is 14.1. The molecule has 0 aromatic heterocycles. The quantitative estimate of drug-likeness (QED) is 0.532.